The average molecular weight is 436 g/mol. The van der Waals surface area contributed by atoms with Crippen molar-refractivity contribution in [1.29, 1.82) is 0 Å². The van der Waals surface area contributed by atoms with E-state index >= 15 is 0 Å². The maximum absolute atomic E-state index is 13.4. The molecule has 0 saturated heterocycles. The first-order valence-corrected chi connectivity index (χ1v) is 11.1. The molecule has 5 heteroatoms. The lowest BCUT2D eigenvalue weighted by atomic mass is 9.90. The summed E-state index contributed by atoms with van der Waals surface area (Å²) in [6.45, 7) is 5.58. The zero-order valence-electron chi connectivity index (χ0n) is 18.9. The number of aromatic amines is 1. The van der Waals surface area contributed by atoms with Crippen molar-refractivity contribution < 1.29 is 4.79 Å². The molecule has 1 amide bonds. The van der Waals surface area contributed by atoms with E-state index in [2.05, 4.69) is 11.1 Å². The SMILES string of the molecule is CC(=O)N1N=C(c2c(-c3ccc(C)cc3)c3ccccc3[nH]c2=O)C[C@@H]1c1cccc(C)c1. The number of hydrogen-bond acceptors (Lipinski definition) is 3. The van der Waals surface area contributed by atoms with Gasteiger partial charge in [0.1, 0.15) is 0 Å². The van der Waals surface area contributed by atoms with E-state index < -0.39 is 0 Å². The number of carbonyl (C=O) groups is 1. The van der Waals surface area contributed by atoms with E-state index in [1.165, 1.54) is 11.9 Å². The number of rotatable bonds is 3. The predicted octanol–water partition coefficient (Wildman–Crippen LogP) is 5.51. The number of hydrazone groups is 1. The molecule has 33 heavy (non-hydrogen) atoms. The van der Waals surface area contributed by atoms with Crippen LogP contribution in [0.2, 0.25) is 0 Å². The van der Waals surface area contributed by atoms with Crippen LogP contribution < -0.4 is 5.56 Å². The summed E-state index contributed by atoms with van der Waals surface area (Å²) in [6.07, 6.45) is 0.476. The summed E-state index contributed by atoms with van der Waals surface area (Å²) in [7, 11) is 0. The maximum atomic E-state index is 13.4. The van der Waals surface area contributed by atoms with E-state index in [0.29, 0.717) is 17.7 Å². The van der Waals surface area contributed by atoms with Crippen LogP contribution in [0.1, 0.15) is 41.6 Å². The number of nitrogens with zero attached hydrogens (tertiary/aromatic N) is 2. The second-order valence-electron chi connectivity index (χ2n) is 8.66. The molecule has 0 radical (unpaired) electrons. The minimum absolute atomic E-state index is 0.148. The number of aryl methyl sites for hydroxylation is 2. The number of carbonyl (C=O) groups excluding carboxylic acids is 1. The summed E-state index contributed by atoms with van der Waals surface area (Å²) in [5.41, 5.74) is 6.81. The van der Waals surface area contributed by atoms with E-state index in [4.69, 9.17) is 5.10 Å². The molecule has 1 aromatic heterocycles. The highest BCUT2D eigenvalue weighted by Gasteiger charge is 2.34. The van der Waals surface area contributed by atoms with Gasteiger partial charge in [0, 0.05) is 29.8 Å². The Labute approximate surface area is 192 Å². The Morgan fingerprint density at radius 3 is 2.42 bits per heavy atom. The monoisotopic (exact) mass is 435 g/mol. The van der Waals surface area contributed by atoms with Crippen molar-refractivity contribution in [2.45, 2.75) is 33.2 Å². The molecule has 3 aromatic carbocycles. The van der Waals surface area contributed by atoms with Gasteiger partial charge in [0.05, 0.1) is 17.3 Å². The molecule has 5 nitrogen and oxygen atoms in total. The molecule has 5 rings (SSSR count). The van der Waals surface area contributed by atoms with Gasteiger partial charge >= 0.3 is 0 Å². The van der Waals surface area contributed by atoms with E-state index in [9.17, 15) is 9.59 Å². The third-order valence-corrected chi connectivity index (χ3v) is 6.21. The zero-order valence-corrected chi connectivity index (χ0v) is 18.9. The predicted molar refractivity (Wildman–Crippen MR) is 132 cm³/mol. The molecule has 1 aliphatic rings. The van der Waals surface area contributed by atoms with Gasteiger partial charge in [-0.05, 0) is 31.0 Å². The first kappa shape index (κ1) is 20.9. The van der Waals surface area contributed by atoms with Gasteiger partial charge in [-0.2, -0.15) is 5.10 Å². The Kier molecular flexibility index (Phi) is 5.17. The summed E-state index contributed by atoms with van der Waals surface area (Å²) in [4.78, 5) is 29.0. The molecule has 1 atom stereocenters. The van der Waals surface area contributed by atoms with Crippen molar-refractivity contribution in [3.63, 3.8) is 0 Å². The number of aromatic nitrogens is 1. The topological polar surface area (TPSA) is 65.5 Å². The lowest BCUT2D eigenvalue weighted by Crippen LogP contribution is -2.24. The molecular weight excluding hydrogens is 410 g/mol. The molecule has 4 aromatic rings. The van der Waals surface area contributed by atoms with Gasteiger partial charge in [-0.25, -0.2) is 5.01 Å². The molecule has 164 valence electrons. The summed E-state index contributed by atoms with van der Waals surface area (Å²) < 4.78 is 0. The van der Waals surface area contributed by atoms with E-state index in [1.807, 2.05) is 80.6 Å². The van der Waals surface area contributed by atoms with Gasteiger partial charge in [-0.3, -0.25) is 9.59 Å². The van der Waals surface area contributed by atoms with Crippen LogP contribution in [0.4, 0.5) is 0 Å². The summed E-state index contributed by atoms with van der Waals surface area (Å²) in [5, 5.41) is 7.16. The lowest BCUT2D eigenvalue weighted by molar-refractivity contribution is -0.130. The molecule has 1 aliphatic heterocycles. The van der Waals surface area contributed by atoms with Crippen molar-refractivity contribution in [2.75, 3.05) is 0 Å². The van der Waals surface area contributed by atoms with Crippen molar-refractivity contribution in [3.8, 4) is 11.1 Å². The molecule has 2 heterocycles. The van der Waals surface area contributed by atoms with Crippen LogP contribution in [0.25, 0.3) is 22.0 Å². The minimum atomic E-state index is -0.242. The number of H-pyrrole nitrogens is 1. The van der Waals surface area contributed by atoms with Crippen LogP contribution in [-0.4, -0.2) is 21.6 Å². The Hall–Kier alpha value is -3.99. The van der Waals surface area contributed by atoms with Crippen LogP contribution in [-0.2, 0) is 4.79 Å². The van der Waals surface area contributed by atoms with E-state index in [0.717, 1.165) is 38.7 Å². The normalized spacial score (nSPS) is 15.7. The lowest BCUT2D eigenvalue weighted by Gasteiger charge is -2.20. The van der Waals surface area contributed by atoms with Crippen LogP contribution in [0.3, 0.4) is 0 Å². The molecule has 0 aliphatic carbocycles. The van der Waals surface area contributed by atoms with E-state index in [1.54, 1.807) is 0 Å². The number of hydrogen-bond donors (Lipinski definition) is 1. The first-order valence-electron chi connectivity index (χ1n) is 11.1. The standard InChI is InChI=1S/C28H25N3O2/c1-17-11-13-20(14-12-17)26-22-9-4-5-10-23(22)29-28(33)27(26)24-16-25(31(30-24)19(3)32)21-8-6-7-18(2)15-21/h4-15,25H,16H2,1-3H3,(H,29,33)/t25-/m1/s1. The Balaban J connectivity index is 1.73. The molecule has 0 spiro atoms. The first-order chi connectivity index (χ1) is 15.9. The van der Waals surface area contributed by atoms with Crippen molar-refractivity contribution >= 4 is 22.5 Å². The Morgan fingerprint density at radius 1 is 0.939 bits per heavy atom. The molecule has 0 bridgehead atoms. The summed E-state index contributed by atoms with van der Waals surface area (Å²) in [6, 6.07) is 23.8. The van der Waals surface area contributed by atoms with Crippen molar-refractivity contribution in [3.05, 3.63) is 105 Å². The third kappa shape index (κ3) is 3.76. The highest BCUT2D eigenvalue weighted by molar-refractivity contribution is 6.12. The third-order valence-electron chi connectivity index (χ3n) is 6.21. The van der Waals surface area contributed by atoms with Gasteiger partial charge in [0.15, 0.2) is 0 Å². The highest BCUT2D eigenvalue weighted by atomic mass is 16.2. The molecule has 0 saturated carbocycles. The quantitative estimate of drug-likeness (QED) is 0.461. The van der Waals surface area contributed by atoms with E-state index in [-0.39, 0.29) is 17.5 Å². The highest BCUT2D eigenvalue weighted by Crippen LogP contribution is 2.37. The maximum Gasteiger partial charge on any atom is 0.258 e. The smallest absolute Gasteiger partial charge is 0.258 e. The summed E-state index contributed by atoms with van der Waals surface area (Å²) in [5.74, 6) is -0.148. The number of para-hydroxylation sites is 1. The fraction of sp³-hybridized carbons (Fsp3) is 0.179. The van der Waals surface area contributed by atoms with Crippen LogP contribution in [0, 0.1) is 13.8 Å². The number of nitrogens with one attached hydrogen (secondary N) is 1. The van der Waals surface area contributed by atoms with Crippen molar-refractivity contribution in [1.82, 2.24) is 9.99 Å². The number of amides is 1. The minimum Gasteiger partial charge on any atom is -0.321 e. The Morgan fingerprint density at radius 2 is 1.70 bits per heavy atom. The molecule has 0 fully saturated rings. The number of fused-ring (bicyclic) bond motifs is 1. The van der Waals surface area contributed by atoms with Crippen LogP contribution in [0.5, 0.6) is 0 Å². The number of pyridine rings is 1. The summed E-state index contributed by atoms with van der Waals surface area (Å²) >= 11 is 0. The molecular formula is C28H25N3O2. The zero-order chi connectivity index (χ0) is 23.1. The Bertz CT molecular complexity index is 1470. The van der Waals surface area contributed by atoms with Gasteiger partial charge < -0.3 is 4.98 Å². The van der Waals surface area contributed by atoms with Gasteiger partial charge in [-0.15, -0.1) is 0 Å². The average Bonchev–Trinajstić information content (AvgIpc) is 3.24. The number of benzene rings is 3. The van der Waals surface area contributed by atoms with Crippen LogP contribution in [0.15, 0.2) is 82.7 Å². The van der Waals surface area contributed by atoms with Gasteiger partial charge in [0.2, 0.25) is 5.91 Å². The fourth-order valence-corrected chi connectivity index (χ4v) is 4.63. The second kappa shape index (κ2) is 8.17. The molecule has 0 unspecified atom stereocenters. The molecule has 1 N–H and O–H groups in total. The van der Waals surface area contributed by atoms with Crippen molar-refractivity contribution in [2.24, 2.45) is 5.10 Å². The van der Waals surface area contributed by atoms with Gasteiger partial charge in [-0.1, -0.05) is 77.9 Å². The van der Waals surface area contributed by atoms with Crippen LogP contribution >= 0.6 is 0 Å². The van der Waals surface area contributed by atoms with Gasteiger partial charge in [0.25, 0.3) is 5.56 Å². The fourth-order valence-electron chi connectivity index (χ4n) is 4.63. The second-order valence-corrected chi connectivity index (χ2v) is 8.66. The largest absolute Gasteiger partial charge is 0.321 e.